The number of fused-ring (bicyclic) bond motifs is 2. The standard InChI is InChI=1S/C24H22FN5O3.C19H14BrFN4O/c1-15-12-22(29-28-15)26-21-14-17-13-16(24(31)30-8-10-32-11-9-30)2-7-20(17)23(27-21)33-19-5-3-18(25)4-6-19;1-11-8-18(25-24-11)22-17-10-12-9-13(20)2-7-16(12)19(23-17)26-15-5-3-14(21)4-6-15/h2-7,12-14H,8-11H2,1H3,(H2,26,27,28,29);2-10H,1H3,(H2,22,23,24,25). The van der Waals surface area contributed by atoms with Crippen LogP contribution in [0, 0.1) is 25.5 Å². The second-order valence-corrected chi connectivity index (χ2v) is 14.5. The van der Waals surface area contributed by atoms with Crippen LogP contribution in [-0.2, 0) is 4.74 Å². The van der Waals surface area contributed by atoms with Gasteiger partial charge in [0.15, 0.2) is 11.6 Å². The van der Waals surface area contributed by atoms with Crippen molar-refractivity contribution in [1.82, 2.24) is 35.3 Å². The van der Waals surface area contributed by atoms with Crippen molar-refractivity contribution in [1.29, 1.82) is 0 Å². The molecule has 4 N–H and O–H groups in total. The number of nitrogens with zero attached hydrogens (tertiary/aromatic N) is 5. The molecule has 0 saturated carbocycles. The Morgan fingerprint density at radius 1 is 0.661 bits per heavy atom. The Morgan fingerprint density at radius 3 is 1.64 bits per heavy atom. The predicted octanol–water partition coefficient (Wildman–Crippen LogP) is 10.1. The zero-order valence-corrected chi connectivity index (χ0v) is 33.3. The lowest BCUT2D eigenvalue weighted by Gasteiger charge is -2.27. The van der Waals surface area contributed by atoms with Gasteiger partial charge in [-0.25, -0.2) is 8.78 Å². The number of halogens is 3. The van der Waals surface area contributed by atoms with Crippen LogP contribution in [0.4, 0.5) is 32.1 Å². The highest BCUT2D eigenvalue weighted by Crippen LogP contribution is 2.34. The maximum absolute atomic E-state index is 13.3. The molecule has 1 saturated heterocycles. The van der Waals surface area contributed by atoms with Crippen LogP contribution in [0.25, 0.3) is 21.5 Å². The number of aromatic amines is 2. The highest BCUT2D eigenvalue weighted by molar-refractivity contribution is 9.10. The molecule has 0 bridgehead atoms. The lowest BCUT2D eigenvalue weighted by molar-refractivity contribution is 0.0303. The second-order valence-electron chi connectivity index (χ2n) is 13.6. The van der Waals surface area contributed by atoms with Gasteiger partial charge in [0.05, 0.1) is 13.2 Å². The zero-order valence-electron chi connectivity index (χ0n) is 31.7. The van der Waals surface area contributed by atoms with Crippen LogP contribution < -0.4 is 20.1 Å². The number of nitrogens with one attached hydrogen (secondary N) is 4. The van der Waals surface area contributed by atoms with Crippen LogP contribution in [0.3, 0.4) is 0 Å². The van der Waals surface area contributed by atoms with Gasteiger partial charge in [0, 0.05) is 57.4 Å². The Labute approximate surface area is 344 Å². The summed E-state index contributed by atoms with van der Waals surface area (Å²) in [5.41, 5.74) is 2.42. The predicted molar refractivity (Wildman–Crippen MR) is 224 cm³/mol. The molecule has 9 rings (SSSR count). The number of amides is 1. The van der Waals surface area contributed by atoms with Crippen LogP contribution in [0.1, 0.15) is 21.7 Å². The number of ether oxygens (including phenoxy) is 3. The molecule has 298 valence electrons. The summed E-state index contributed by atoms with van der Waals surface area (Å²) in [6.07, 6.45) is 0. The number of pyridine rings is 2. The SMILES string of the molecule is Cc1cc(Nc2cc3cc(Br)ccc3c(Oc3ccc(F)cc3)n2)n[nH]1.Cc1cc(Nc2cc3cc(C(=O)N4CCOCC4)ccc3c(Oc3ccc(F)cc3)n2)n[nH]1. The topological polar surface area (TPSA) is 155 Å². The van der Waals surface area contributed by atoms with Crippen LogP contribution in [0.2, 0.25) is 0 Å². The summed E-state index contributed by atoms with van der Waals surface area (Å²) >= 11 is 3.49. The maximum atomic E-state index is 13.3. The summed E-state index contributed by atoms with van der Waals surface area (Å²) in [5.74, 6) is 3.37. The maximum Gasteiger partial charge on any atom is 0.254 e. The number of hydrogen-bond donors (Lipinski definition) is 4. The van der Waals surface area contributed by atoms with Crippen molar-refractivity contribution in [3.63, 3.8) is 0 Å². The Hall–Kier alpha value is -6.91. The Morgan fingerprint density at radius 2 is 1.15 bits per heavy atom. The molecule has 59 heavy (non-hydrogen) atoms. The summed E-state index contributed by atoms with van der Waals surface area (Å²) in [6, 6.07) is 30.3. The van der Waals surface area contributed by atoms with E-state index >= 15 is 0 Å². The first-order valence-electron chi connectivity index (χ1n) is 18.5. The van der Waals surface area contributed by atoms with Crippen molar-refractivity contribution >= 4 is 66.7 Å². The second kappa shape index (κ2) is 17.3. The van der Waals surface area contributed by atoms with E-state index in [0.29, 0.717) is 78.4 Å². The zero-order chi connectivity index (χ0) is 40.9. The van der Waals surface area contributed by atoms with E-state index in [1.807, 2.05) is 68.4 Å². The van der Waals surface area contributed by atoms with Crippen molar-refractivity contribution in [2.75, 3.05) is 36.9 Å². The fraction of sp³-hybridized carbons (Fsp3) is 0.140. The van der Waals surface area contributed by atoms with Crippen molar-refractivity contribution in [2.45, 2.75) is 13.8 Å². The normalized spacial score (nSPS) is 12.5. The third kappa shape index (κ3) is 9.63. The minimum atomic E-state index is -0.351. The Kier molecular flexibility index (Phi) is 11.4. The fourth-order valence-electron chi connectivity index (χ4n) is 6.24. The summed E-state index contributed by atoms with van der Waals surface area (Å²) in [4.78, 5) is 23.9. The van der Waals surface area contributed by atoms with Gasteiger partial charge in [-0.3, -0.25) is 15.0 Å². The molecule has 0 aliphatic carbocycles. The van der Waals surface area contributed by atoms with Crippen molar-refractivity contribution in [3.8, 4) is 23.3 Å². The van der Waals surface area contributed by atoms with E-state index in [1.54, 1.807) is 23.1 Å². The van der Waals surface area contributed by atoms with Gasteiger partial charge in [-0.1, -0.05) is 15.9 Å². The fourth-order valence-corrected chi connectivity index (χ4v) is 6.62. The number of carbonyl (C=O) groups is 1. The van der Waals surface area contributed by atoms with Gasteiger partial charge in [0.2, 0.25) is 11.8 Å². The van der Waals surface area contributed by atoms with Gasteiger partial charge in [0.1, 0.15) is 34.8 Å². The number of morpholine rings is 1. The molecule has 4 aromatic carbocycles. The number of carbonyl (C=O) groups excluding carboxylic acids is 1. The minimum Gasteiger partial charge on any atom is -0.438 e. The molecule has 0 spiro atoms. The van der Waals surface area contributed by atoms with Gasteiger partial charge in [-0.05, 0) is 122 Å². The van der Waals surface area contributed by atoms with Crippen molar-refractivity contribution < 1.29 is 27.8 Å². The first-order chi connectivity index (χ1) is 28.6. The van der Waals surface area contributed by atoms with Gasteiger partial charge in [-0.15, -0.1) is 0 Å². The number of rotatable bonds is 9. The molecule has 1 fully saturated rings. The molecule has 16 heteroatoms. The molecule has 0 atom stereocenters. The minimum absolute atomic E-state index is 0.0459. The quantitative estimate of drug-likeness (QED) is 0.110. The molecule has 13 nitrogen and oxygen atoms in total. The summed E-state index contributed by atoms with van der Waals surface area (Å²) in [7, 11) is 0. The molecular weight excluding hydrogens is 824 g/mol. The molecule has 1 aliphatic heterocycles. The number of aryl methyl sites for hydroxylation is 2. The Balaban J connectivity index is 0.000000169. The van der Waals surface area contributed by atoms with E-state index in [0.717, 1.165) is 37.4 Å². The van der Waals surface area contributed by atoms with Crippen LogP contribution in [0.5, 0.6) is 23.3 Å². The number of H-pyrrole nitrogens is 2. The number of anilines is 4. The van der Waals surface area contributed by atoms with Crippen LogP contribution >= 0.6 is 15.9 Å². The van der Waals surface area contributed by atoms with Crippen molar-refractivity contribution in [2.24, 2.45) is 0 Å². The summed E-state index contributed by atoms with van der Waals surface area (Å²) in [6.45, 7) is 6.03. The number of aromatic nitrogens is 6. The average molecular weight is 861 g/mol. The third-order valence-corrected chi connectivity index (χ3v) is 9.57. The molecule has 1 aliphatic rings. The highest BCUT2D eigenvalue weighted by Gasteiger charge is 2.20. The monoisotopic (exact) mass is 859 g/mol. The van der Waals surface area contributed by atoms with E-state index in [1.165, 1.54) is 36.4 Å². The molecular formula is C43H36BrF2N9O4. The smallest absolute Gasteiger partial charge is 0.254 e. The molecule has 4 aromatic heterocycles. The van der Waals surface area contributed by atoms with E-state index in [-0.39, 0.29) is 17.5 Å². The first kappa shape index (κ1) is 38.9. The van der Waals surface area contributed by atoms with Crippen LogP contribution in [-0.4, -0.2) is 67.5 Å². The largest absolute Gasteiger partial charge is 0.438 e. The third-order valence-electron chi connectivity index (χ3n) is 9.08. The first-order valence-corrected chi connectivity index (χ1v) is 19.3. The molecule has 0 unspecified atom stereocenters. The lowest BCUT2D eigenvalue weighted by atomic mass is 10.1. The molecule has 1 amide bonds. The van der Waals surface area contributed by atoms with E-state index < -0.39 is 0 Å². The van der Waals surface area contributed by atoms with Crippen LogP contribution in [0.15, 0.2) is 114 Å². The molecule has 5 heterocycles. The van der Waals surface area contributed by atoms with Gasteiger partial charge in [-0.2, -0.15) is 20.2 Å². The van der Waals surface area contributed by atoms with E-state index in [4.69, 9.17) is 14.2 Å². The number of benzene rings is 4. The summed E-state index contributed by atoms with van der Waals surface area (Å²) in [5, 5.41) is 23.7. The Bertz CT molecular complexity index is 2760. The van der Waals surface area contributed by atoms with E-state index in [9.17, 15) is 13.6 Å². The van der Waals surface area contributed by atoms with Gasteiger partial charge < -0.3 is 29.7 Å². The number of hydrogen-bond acceptors (Lipinski definition) is 10. The van der Waals surface area contributed by atoms with E-state index in [2.05, 4.69) is 56.9 Å². The molecule has 0 radical (unpaired) electrons. The average Bonchev–Trinajstić information content (AvgIpc) is 3.85. The summed E-state index contributed by atoms with van der Waals surface area (Å²) < 4.78 is 44.7. The molecule has 8 aromatic rings. The van der Waals surface area contributed by atoms with Crippen molar-refractivity contribution in [3.05, 3.63) is 142 Å². The highest BCUT2D eigenvalue weighted by atomic mass is 79.9. The lowest BCUT2D eigenvalue weighted by Crippen LogP contribution is -2.40. The van der Waals surface area contributed by atoms with Gasteiger partial charge in [0.25, 0.3) is 5.91 Å². The van der Waals surface area contributed by atoms with Gasteiger partial charge >= 0.3 is 0 Å².